The van der Waals surface area contributed by atoms with E-state index in [0.29, 0.717) is 6.61 Å². The zero-order valence-corrected chi connectivity index (χ0v) is 12.9. The first-order valence-corrected chi connectivity index (χ1v) is 6.42. The first kappa shape index (κ1) is 16.5. The minimum Gasteiger partial charge on any atom is -0.495 e. The van der Waals surface area contributed by atoms with Gasteiger partial charge in [-0.2, -0.15) is 0 Å². The van der Waals surface area contributed by atoms with Crippen LogP contribution in [0.15, 0.2) is 12.3 Å². The van der Waals surface area contributed by atoms with E-state index in [1.54, 1.807) is 0 Å². The molecule has 1 unspecified atom stereocenters. The molecular weight excluding hydrogens is 212 g/mol. The van der Waals surface area contributed by atoms with Crippen molar-refractivity contribution in [3.63, 3.8) is 0 Å². The Morgan fingerprint density at radius 1 is 1.06 bits per heavy atom. The Morgan fingerprint density at radius 3 is 1.82 bits per heavy atom. The first-order chi connectivity index (χ1) is 7.44. The summed E-state index contributed by atoms with van der Waals surface area (Å²) in [5.41, 5.74) is 0.0582. The zero-order valence-electron chi connectivity index (χ0n) is 12.9. The van der Waals surface area contributed by atoms with Crippen LogP contribution in [-0.2, 0) is 9.47 Å². The van der Waals surface area contributed by atoms with E-state index in [1.807, 2.05) is 0 Å². The summed E-state index contributed by atoms with van der Waals surface area (Å²) in [6.07, 6.45) is 0.298. The van der Waals surface area contributed by atoms with Gasteiger partial charge in [-0.15, -0.1) is 0 Å². The number of rotatable bonds is 5. The quantitative estimate of drug-likeness (QED) is 0.665. The van der Waals surface area contributed by atoms with Crippen molar-refractivity contribution in [1.29, 1.82) is 0 Å². The average molecular weight is 242 g/mol. The maximum absolute atomic E-state index is 5.91. The summed E-state index contributed by atoms with van der Waals surface area (Å²) in [5.74, 6) is 0.819. The topological polar surface area (TPSA) is 18.5 Å². The zero-order chi connectivity index (χ0) is 13.9. The average Bonchev–Trinajstić information content (AvgIpc) is 2.07. The first-order valence-electron chi connectivity index (χ1n) is 6.42. The van der Waals surface area contributed by atoms with Gasteiger partial charge in [0.2, 0.25) is 0 Å². The predicted octanol–water partition coefficient (Wildman–Crippen LogP) is 4.40. The number of hydrogen-bond donors (Lipinski definition) is 0. The van der Waals surface area contributed by atoms with E-state index in [-0.39, 0.29) is 23.0 Å². The number of allylic oxidation sites excluding steroid dienone is 1. The molecule has 0 radical (unpaired) electrons. The van der Waals surface area contributed by atoms with Crippen LogP contribution in [0.1, 0.15) is 55.4 Å². The van der Waals surface area contributed by atoms with Gasteiger partial charge in [-0.25, -0.2) is 0 Å². The predicted molar refractivity (Wildman–Crippen MR) is 74.0 cm³/mol. The van der Waals surface area contributed by atoms with Crippen molar-refractivity contribution in [3.05, 3.63) is 12.3 Å². The van der Waals surface area contributed by atoms with E-state index in [0.717, 1.165) is 5.76 Å². The van der Waals surface area contributed by atoms with E-state index >= 15 is 0 Å². The van der Waals surface area contributed by atoms with E-state index < -0.39 is 0 Å². The van der Waals surface area contributed by atoms with Crippen LogP contribution in [0.5, 0.6) is 0 Å². The second kappa shape index (κ2) is 5.90. The number of hydrogen-bond acceptors (Lipinski definition) is 2. The Morgan fingerprint density at radius 2 is 1.53 bits per heavy atom. The molecule has 0 aliphatic heterocycles. The van der Waals surface area contributed by atoms with Gasteiger partial charge in [0.05, 0.1) is 18.0 Å². The molecule has 0 saturated heterocycles. The molecule has 0 aromatic rings. The highest BCUT2D eigenvalue weighted by Gasteiger charge is 2.28. The molecule has 17 heavy (non-hydrogen) atoms. The van der Waals surface area contributed by atoms with E-state index in [9.17, 15) is 0 Å². The summed E-state index contributed by atoms with van der Waals surface area (Å²) < 4.78 is 11.7. The van der Waals surface area contributed by atoms with Gasteiger partial charge >= 0.3 is 0 Å². The van der Waals surface area contributed by atoms with Crippen molar-refractivity contribution in [3.8, 4) is 0 Å². The highest BCUT2D eigenvalue weighted by atomic mass is 16.5. The largest absolute Gasteiger partial charge is 0.495 e. The molecule has 0 N–H and O–H groups in total. The van der Waals surface area contributed by atoms with E-state index in [2.05, 4.69) is 62.0 Å². The van der Waals surface area contributed by atoms with Gasteiger partial charge in [-0.05, 0) is 19.3 Å². The maximum atomic E-state index is 5.91. The lowest BCUT2D eigenvalue weighted by Crippen LogP contribution is -2.36. The highest BCUT2D eigenvalue weighted by Crippen LogP contribution is 2.28. The Bertz CT molecular complexity index is 241. The van der Waals surface area contributed by atoms with Gasteiger partial charge in [0, 0.05) is 5.41 Å². The summed E-state index contributed by atoms with van der Waals surface area (Å²) in [6.45, 7) is 21.5. The Kier molecular flexibility index (Phi) is 5.73. The molecule has 0 rings (SSSR count). The molecule has 0 saturated carbocycles. The van der Waals surface area contributed by atoms with E-state index in [4.69, 9.17) is 9.47 Å². The minimum absolute atomic E-state index is 0.0136. The Balaban J connectivity index is 4.42. The van der Waals surface area contributed by atoms with Gasteiger partial charge in [0.15, 0.2) is 0 Å². The van der Waals surface area contributed by atoms with E-state index in [1.165, 1.54) is 0 Å². The lowest BCUT2D eigenvalue weighted by molar-refractivity contribution is -0.0870. The summed E-state index contributed by atoms with van der Waals surface area (Å²) in [6, 6.07) is 0. The Hall–Kier alpha value is -0.500. The number of ether oxygens (including phenoxy) is 2. The second-order valence-electron chi connectivity index (χ2n) is 7.02. The van der Waals surface area contributed by atoms with Crippen LogP contribution in [-0.4, -0.2) is 18.8 Å². The Labute approximate surface area is 107 Å². The monoisotopic (exact) mass is 242 g/mol. The molecule has 1 atom stereocenters. The molecule has 0 amide bonds. The lowest BCUT2D eigenvalue weighted by atomic mass is 9.89. The van der Waals surface area contributed by atoms with Gasteiger partial charge in [0.25, 0.3) is 0 Å². The van der Waals surface area contributed by atoms with Crippen LogP contribution in [0, 0.1) is 10.8 Å². The molecule has 2 heteroatoms. The fraction of sp³-hybridized carbons (Fsp3) is 0.867. The summed E-state index contributed by atoms with van der Waals surface area (Å²) in [4.78, 5) is 0. The van der Waals surface area contributed by atoms with Crippen molar-refractivity contribution in [2.24, 2.45) is 10.8 Å². The van der Waals surface area contributed by atoms with Crippen LogP contribution in [0.4, 0.5) is 0 Å². The summed E-state index contributed by atoms with van der Waals surface area (Å²) >= 11 is 0. The molecule has 0 spiro atoms. The summed E-state index contributed by atoms with van der Waals surface area (Å²) in [5, 5.41) is 0. The van der Waals surface area contributed by atoms with Crippen molar-refractivity contribution < 1.29 is 9.47 Å². The van der Waals surface area contributed by atoms with Gasteiger partial charge < -0.3 is 9.47 Å². The van der Waals surface area contributed by atoms with Crippen LogP contribution in [0.25, 0.3) is 0 Å². The molecule has 2 nitrogen and oxygen atoms in total. The van der Waals surface area contributed by atoms with Crippen molar-refractivity contribution in [1.82, 2.24) is 0 Å². The van der Waals surface area contributed by atoms with Crippen molar-refractivity contribution >= 4 is 0 Å². The van der Waals surface area contributed by atoms with Crippen LogP contribution < -0.4 is 0 Å². The second-order valence-corrected chi connectivity index (χ2v) is 7.02. The molecule has 102 valence electrons. The van der Waals surface area contributed by atoms with Crippen LogP contribution in [0.2, 0.25) is 0 Å². The molecule has 0 aromatic heterocycles. The third-order valence-electron chi connectivity index (χ3n) is 2.65. The maximum Gasteiger partial charge on any atom is 0.114 e. The van der Waals surface area contributed by atoms with Gasteiger partial charge in [-0.3, -0.25) is 0 Å². The summed E-state index contributed by atoms with van der Waals surface area (Å²) in [7, 11) is 0. The molecule has 0 aromatic carbocycles. The molecule has 0 fully saturated rings. The van der Waals surface area contributed by atoms with Crippen molar-refractivity contribution in [2.45, 2.75) is 67.6 Å². The third kappa shape index (κ3) is 6.72. The highest BCUT2D eigenvalue weighted by molar-refractivity contribution is 4.96. The molecule has 0 bridgehead atoms. The van der Waals surface area contributed by atoms with Crippen LogP contribution >= 0.6 is 0 Å². The minimum atomic E-state index is -0.0136. The van der Waals surface area contributed by atoms with Crippen LogP contribution in [0.3, 0.4) is 0 Å². The van der Waals surface area contributed by atoms with Gasteiger partial charge in [0.1, 0.15) is 6.61 Å². The fourth-order valence-electron chi connectivity index (χ4n) is 1.21. The smallest absolute Gasteiger partial charge is 0.114 e. The van der Waals surface area contributed by atoms with Gasteiger partial charge in [-0.1, -0.05) is 48.1 Å². The fourth-order valence-corrected chi connectivity index (χ4v) is 1.21. The molecule has 0 heterocycles. The molecule has 0 aliphatic carbocycles. The normalized spacial score (nSPS) is 14.9. The molecule has 0 aliphatic rings. The standard InChI is InChI=1S/C15H30O2/c1-11(2)17-13(15(7,8)9)10-16-12(3)14(4,5)6/h11,13H,3,10H2,1-2,4-9H3. The molecular formula is C15H30O2. The van der Waals surface area contributed by atoms with Crippen molar-refractivity contribution in [2.75, 3.05) is 6.61 Å². The lowest BCUT2D eigenvalue weighted by Gasteiger charge is -2.33. The SMILES string of the molecule is C=C(OCC(OC(C)C)C(C)(C)C)C(C)(C)C. The third-order valence-corrected chi connectivity index (χ3v) is 2.65.